The van der Waals surface area contributed by atoms with E-state index in [4.69, 9.17) is 15.9 Å². The largest absolute Gasteiger partial charge is 0.508 e. The maximum Gasteiger partial charge on any atom is 0.276 e. The molecule has 2 rings (SSSR count). The average Bonchev–Trinajstić information content (AvgIpc) is 2.52. The van der Waals surface area contributed by atoms with Crippen LogP contribution in [0.3, 0.4) is 0 Å². The zero-order chi connectivity index (χ0) is 15.9. The number of nitrogens with zero attached hydrogens (tertiary/aromatic N) is 1. The van der Waals surface area contributed by atoms with Crippen molar-refractivity contribution in [2.75, 3.05) is 6.61 Å². The number of aromatic hydroxyl groups is 1. The van der Waals surface area contributed by atoms with Crippen molar-refractivity contribution in [1.29, 1.82) is 0 Å². The molecular weight excluding hydrogens is 286 g/mol. The van der Waals surface area contributed by atoms with Gasteiger partial charge in [-0.3, -0.25) is 10.1 Å². The summed E-state index contributed by atoms with van der Waals surface area (Å²) in [6, 6.07) is 10.4. The Morgan fingerprint density at radius 2 is 1.82 bits per heavy atom. The topological polar surface area (TPSA) is 81.8 Å². The molecular formula is C16H13NO5. The Bertz CT molecular complexity index is 703. The standard InChI is InChI=1S/C16H13NO5/c1-2-9-21-15-7-8-16(17(19)20)12(10-15)11-22-14-5-3-13(18)4-6-14/h1,3-8,10,18H,9,11H2. The van der Waals surface area contributed by atoms with Gasteiger partial charge < -0.3 is 14.6 Å². The SMILES string of the molecule is C#CCOc1ccc([N+](=O)[O-])c(COc2ccc(O)cc2)c1. The minimum absolute atomic E-state index is 0.00561. The first-order chi connectivity index (χ1) is 10.6. The van der Waals surface area contributed by atoms with Crippen molar-refractivity contribution in [3.8, 4) is 29.6 Å². The van der Waals surface area contributed by atoms with E-state index in [0.717, 1.165) is 0 Å². The maximum atomic E-state index is 11.0. The van der Waals surface area contributed by atoms with Crippen LogP contribution < -0.4 is 9.47 Å². The number of phenolic OH excluding ortho intramolecular Hbond substituents is 1. The highest BCUT2D eigenvalue weighted by Crippen LogP contribution is 2.26. The van der Waals surface area contributed by atoms with Gasteiger partial charge in [-0.25, -0.2) is 0 Å². The van der Waals surface area contributed by atoms with Gasteiger partial charge in [0.1, 0.15) is 30.5 Å². The first kappa shape index (κ1) is 15.2. The monoisotopic (exact) mass is 299 g/mol. The fourth-order valence-corrected chi connectivity index (χ4v) is 1.77. The van der Waals surface area contributed by atoms with Gasteiger partial charge in [-0.05, 0) is 36.4 Å². The first-order valence-corrected chi connectivity index (χ1v) is 6.35. The highest BCUT2D eigenvalue weighted by atomic mass is 16.6. The molecule has 0 saturated carbocycles. The molecule has 0 spiro atoms. The second-order valence-corrected chi connectivity index (χ2v) is 4.32. The lowest BCUT2D eigenvalue weighted by molar-refractivity contribution is -0.385. The summed E-state index contributed by atoms with van der Waals surface area (Å²) in [4.78, 5) is 10.6. The van der Waals surface area contributed by atoms with E-state index in [-0.39, 0.29) is 24.7 Å². The van der Waals surface area contributed by atoms with Gasteiger partial charge in [0.25, 0.3) is 5.69 Å². The third-order valence-corrected chi connectivity index (χ3v) is 2.80. The molecule has 0 radical (unpaired) electrons. The Kier molecular flexibility index (Phi) is 4.83. The molecule has 0 bridgehead atoms. The lowest BCUT2D eigenvalue weighted by atomic mass is 10.2. The van der Waals surface area contributed by atoms with Gasteiger partial charge in [-0.2, -0.15) is 0 Å². The summed E-state index contributed by atoms with van der Waals surface area (Å²) < 4.78 is 10.7. The van der Waals surface area contributed by atoms with Crippen LogP contribution in [0.2, 0.25) is 0 Å². The zero-order valence-corrected chi connectivity index (χ0v) is 11.6. The molecule has 0 unspecified atom stereocenters. The summed E-state index contributed by atoms with van der Waals surface area (Å²) in [6.07, 6.45) is 5.11. The van der Waals surface area contributed by atoms with Gasteiger partial charge in [-0.1, -0.05) is 5.92 Å². The summed E-state index contributed by atoms with van der Waals surface area (Å²) in [5, 5.41) is 20.2. The van der Waals surface area contributed by atoms with E-state index in [1.54, 1.807) is 12.1 Å². The van der Waals surface area contributed by atoms with E-state index in [2.05, 4.69) is 5.92 Å². The summed E-state index contributed by atoms with van der Waals surface area (Å²) in [6.45, 7) is 0.0738. The zero-order valence-electron chi connectivity index (χ0n) is 11.6. The molecule has 6 heteroatoms. The van der Waals surface area contributed by atoms with Crippen molar-refractivity contribution in [3.63, 3.8) is 0 Å². The highest BCUT2D eigenvalue weighted by molar-refractivity contribution is 5.45. The molecule has 0 amide bonds. The van der Waals surface area contributed by atoms with E-state index in [9.17, 15) is 15.2 Å². The molecule has 0 fully saturated rings. The van der Waals surface area contributed by atoms with Crippen LogP contribution in [-0.2, 0) is 6.61 Å². The normalized spacial score (nSPS) is 9.77. The number of benzene rings is 2. The van der Waals surface area contributed by atoms with Crippen molar-refractivity contribution >= 4 is 5.69 Å². The Balaban J connectivity index is 2.17. The van der Waals surface area contributed by atoms with Gasteiger partial charge in [0.15, 0.2) is 0 Å². The van der Waals surface area contributed by atoms with Crippen molar-refractivity contribution in [2.45, 2.75) is 6.61 Å². The van der Waals surface area contributed by atoms with Gasteiger partial charge in [0, 0.05) is 6.07 Å². The fourth-order valence-electron chi connectivity index (χ4n) is 1.77. The Hall–Kier alpha value is -3.20. The van der Waals surface area contributed by atoms with Crippen molar-refractivity contribution in [3.05, 3.63) is 58.1 Å². The Morgan fingerprint density at radius 1 is 1.14 bits per heavy atom. The fraction of sp³-hybridized carbons (Fsp3) is 0.125. The highest BCUT2D eigenvalue weighted by Gasteiger charge is 2.15. The van der Waals surface area contributed by atoms with Gasteiger partial charge in [0.2, 0.25) is 0 Å². The number of nitro benzene ring substituents is 1. The molecule has 0 atom stereocenters. The third kappa shape index (κ3) is 3.90. The lowest BCUT2D eigenvalue weighted by Crippen LogP contribution is -2.02. The second kappa shape index (κ2) is 6.99. The second-order valence-electron chi connectivity index (χ2n) is 4.32. The van der Waals surface area contributed by atoms with Crippen LogP contribution in [0, 0.1) is 22.5 Å². The molecule has 0 aliphatic heterocycles. The van der Waals surface area contributed by atoms with Crippen molar-refractivity contribution < 1.29 is 19.5 Å². The number of ether oxygens (including phenoxy) is 2. The Morgan fingerprint density at radius 3 is 2.45 bits per heavy atom. The minimum atomic E-state index is -0.486. The molecule has 6 nitrogen and oxygen atoms in total. The van der Waals surface area contributed by atoms with E-state index in [0.29, 0.717) is 17.1 Å². The quantitative estimate of drug-likeness (QED) is 0.504. The molecule has 2 aromatic rings. The average molecular weight is 299 g/mol. The van der Waals surface area contributed by atoms with Crippen LogP contribution in [0.25, 0.3) is 0 Å². The number of rotatable bonds is 6. The molecule has 0 heterocycles. The first-order valence-electron chi connectivity index (χ1n) is 6.35. The van der Waals surface area contributed by atoms with Crippen LogP contribution >= 0.6 is 0 Å². The van der Waals surface area contributed by atoms with Gasteiger partial charge in [-0.15, -0.1) is 6.42 Å². The van der Waals surface area contributed by atoms with E-state index in [1.807, 2.05) is 0 Å². The summed E-state index contributed by atoms with van der Waals surface area (Å²) in [5.41, 5.74) is 0.305. The van der Waals surface area contributed by atoms with Gasteiger partial charge in [0.05, 0.1) is 10.5 Å². The van der Waals surface area contributed by atoms with E-state index >= 15 is 0 Å². The molecule has 0 aliphatic carbocycles. The molecule has 112 valence electrons. The van der Waals surface area contributed by atoms with Crippen LogP contribution in [0.5, 0.6) is 17.2 Å². The molecule has 0 aliphatic rings. The maximum absolute atomic E-state index is 11.0. The smallest absolute Gasteiger partial charge is 0.276 e. The molecule has 22 heavy (non-hydrogen) atoms. The Labute approximate surface area is 127 Å². The summed E-state index contributed by atoms with van der Waals surface area (Å²) in [5.74, 6) is 3.36. The third-order valence-electron chi connectivity index (χ3n) is 2.80. The van der Waals surface area contributed by atoms with Crippen LogP contribution in [0.4, 0.5) is 5.69 Å². The van der Waals surface area contributed by atoms with Crippen LogP contribution in [0.15, 0.2) is 42.5 Å². The number of terminal acetylenes is 1. The number of hydrogen-bond acceptors (Lipinski definition) is 5. The van der Waals surface area contributed by atoms with Crippen LogP contribution in [-0.4, -0.2) is 16.6 Å². The van der Waals surface area contributed by atoms with E-state index < -0.39 is 4.92 Å². The van der Waals surface area contributed by atoms with E-state index in [1.165, 1.54) is 30.3 Å². The van der Waals surface area contributed by atoms with Crippen LogP contribution in [0.1, 0.15) is 5.56 Å². The summed E-state index contributed by atoms with van der Waals surface area (Å²) >= 11 is 0. The van der Waals surface area contributed by atoms with Crippen molar-refractivity contribution in [2.24, 2.45) is 0 Å². The molecule has 2 aromatic carbocycles. The lowest BCUT2D eigenvalue weighted by Gasteiger charge is -2.09. The van der Waals surface area contributed by atoms with Gasteiger partial charge >= 0.3 is 0 Å². The number of phenols is 1. The molecule has 0 saturated heterocycles. The number of nitro groups is 1. The predicted molar refractivity (Wildman–Crippen MR) is 79.9 cm³/mol. The van der Waals surface area contributed by atoms with Crippen molar-refractivity contribution in [1.82, 2.24) is 0 Å². The molecule has 0 aromatic heterocycles. The minimum Gasteiger partial charge on any atom is -0.508 e. The molecule has 1 N–H and O–H groups in total. The summed E-state index contributed by atoms with van der Waals surface area (Å²) in [7, 11) is 0. The number of hydrogen-bond donors (Lipinski definition) is 1. The predicted octanol–water partition coefficient (Wildman–Crippen LogP) is 2.89.